The second kappa shape index (κ2) is 14.4. The van der Waals surface area contributed by atoms with Crippen LogP contribution in [0.4, 0.5) is 0 Å². The molecular weight excluding hydrogens is 693 g/mol. The molecule has 1 fully saturated rings. The van der Waals surface area contributed by atoms with Gasteiger partial charge in [0.25, 0.3) is 0 Å². The van der Waals surface area contributed by atoms with E-state index in [1.807, 2.05) is 0 Å². The fraction of sp³-hybridized carbons (Fsp3) is 0.273. The van der Waals surface area contributed by atoms with Crippen molar-refractivity contribution in [2.24, 2.45) is 0 Å². The van der Waals surface area contributed by atoms with Gasteiger partial charge >= 0.3 is 0 Å². The number of hydrogen-bond donors (Lipinski definition) is 0. The summed E-state index contributed by atoms with van der Waals surface area (Å²) in [5.41, 5.74) is 17.0. The predicted molar refractivity (Wildman–Crippen MR) is 236 cm³/mol. The molecule has 3 unspecified atom stereocenters. The number of fused-ring (bicyclic) bond motifs is 12. The van der Waals surface area contributed by atoms with Crippen LogP contribution < -0.4 is 4.74 Å². The Kier molecular flexibility index (Phi) is 9.05. The van der Waals surface area contributed by atoms with Gasteiger partial charge in [0, 0.05) is 5.41 Å². The van der Waals surface area contributed by atoms with Gasteiger partial charge in [-0.1, -0.05) is 154 Å². The van der Waals surface area contributed by atoms with E-state index in [9.17, 15) is 0 Å². The monoisotopic (exact) mass is 744 g/mol. The summed E-state index contributed by atoms with van der Waals surface area (Å²) in [7, 11) is 3.60. The summed E-state index contributed by atoms with van der Waals surface area (Å²) in [6.45, 7) is 2.34. The van der Waals surface area contributed by atoms with Gasteiger partial charge in [-0.05, 0) is 141 Å². The fourth-order valence-electron chi connectivity index (χ4n) is 11.3. The van der Waals surface area contributed by atoms with Crippen molar-refractivity contribution in [1.82, 2.24) is 0 Å². The third kappa shape index (κ3) is 5.66. The molecule has 0 amide bonds. The topological polar surface area (TPSA) is 18.5 Å². The zero-order valence-electron chi connectivity index (χ0n) is 33.6. The number of allylic oxidation sites excluding steroid dienone is 7. The Morgan fingerprint density at radius 1 is 0.684 bits per heavy atom. The minimum Gasteiger partial charge on any atom is -0.497 e. The average molecular weight is 745 g/mol. The van der Waals surface area contributed by atoms with E-state index < -0.39 is 5.41 Å². The molecule has 1 spiro atoms. The van der Waals surface area contributed by atoms with Crippen molar-refractivity contribution in [1.29, 1.82) is 0 Å². The highest BCUT2D eigenvalue weighted by Gasteiger charge is 2.50. The number of benzene rings is 5. The van der Waals surface area contributed by atoms with Crippen LogP contribution in [-0.4, -0.2) is 14.2 Å². The first-order valence-electron chi connectivity index (χ1n) is 21.2. The lowest BCUT2D eigenvalue weighted by Gasteiger charge is -2.41. The lowest BCUT2D eigenvalue weighted by Crippen LogP contribution is -2.34. The molecule has 10 rings (SSSR count). The maximum Gasteiger partial charge on any atom is 0.119 e. The number of rotatable bonds is 5. The van der Waals surface area contributed by atoms with Crippen LogP contribution in [0.3, 0.4) is 0 Å². The molecule has 57 heavy (non-hydrogen) atoms. The molecule has 0 radical (unpaired) electrons. The van der Waals surface area contributed by atoms with E-state index in [-0.39, 0.29) is 11.3 Å². The van der Waals surface area contributed by atoms with E-state index in [1.54, 1.807) is 14.2 Å². The normalized spacial score (nSPS) is 24.3. The molecule has 0 aliphatic heterocycles. The summed E-state index contributed by atoms with van der Waals surface area (Å²) in [6.07, 6.45) is 30.3. The first kappa shape index (κ1) is 35.8. The Bertz CT molecular complexity index is 2500. The van der Waals surface area contributed by atoms with Gasteiger partial charge in [0.15, 0.2) is 0 Å². The maximum absolute atomic E-state index is 6.07. The average Bonchev–Trinajstić information content (AvgIpc) is 3.42. The molecule has 0 bridgehead atoms. The number of ether oxygens (including phenoxy) is 2. The van der Waals surface area contributed by atoms with Gasteiger partial charge in [0.2, 0.25) is 0 Å². The van der Waals surface area contributed by atoms with Crippen LogP contribution in [0.1, 0.15) is 118 Å². The summed E-state index contributed by atoms with van der Waals surface area (Å²) < 4.78 is 12.1. The second-order valence-corrected chi connectivity index (χ2v) is 16.9. The Balaban J connectivity index is 1.29. The third-order valence-corrected chi connectivity index (χ3v) is 14.1. The molecule has 2 nitrogen and oxygen atoms in total. The van der Waals surface area contributed by atoms with Crippen molar-refractivity contribution in [3.8, 4) is 16.9 Å². The minimum atomic E-state index is -0.436. The van der Waals surface area contributed by atoms with Crippen LogP contribution in [0, 0.1) is 0 Å². The maximum atomic E-state index is 6.07. The highest BCUT2D eigenvalue weighted by atomic mass is 16.5. The Labute approximate surface area is 339 Å². The molecule has 1 saturated carbocycles. The van der Waals surface area contributed by atoms with Crippen molar-refractivity contribution >= 4 is 12.2 Å². The third-order valence-electron chi connectivity index (χ3n) is 14.1. The van der Waals surface area contributed by atoms with Crippen LogP contribution >= 0.6 is 0 Å². The minimum absolute atomic E-state index is 0.253. The van der Waals surface area contributed by atoms with Gasteiger partial charge in [-0.3, -0.25) is 0 Å². The van der Waals surface area contributed by atoms with E-state index in [4.69, 9.17) is 9.47 Å². The van der Waals surface area contributed by atoms with Crippen molar-refractivity contribution in [2.45, 2.75) is 81.0 Å². The first-order valence-corrected chi connectivity index (χ1v) is 21.2. The summed E-state index contributed by atoms with van der Waals surface area (Å²) in [5.74, 6) is 2.71. The molecule has 5 aliphatic rings. The highest BCUT2D eigenvalue weighted by molar-refractivity contribution is 5.94. The van der Waals surface area contributed by atoms with Gasteiger partial charge in [-0.15, -0.1) is 0 Å². The van der Waals surface area contributed by atoms with E-state index in [0.717, 1.165) is 30.8 Å². The van der Waals surface area contributed by atoms with E-state index >= 15 is 0 Å². The first-order chi connectivity index (χ1) is 28.1. The molecule has 284 valence electrons. The van der Waals surface area contributed by atoms with E-state index in [1.165, 1.54) is 104 Å². The van der Waals surface area contributed by atoms with Crippen LogP contribution in [0.2, 0.25) is 0 Å². The van der Waals surface area contributed by atoms with E-state index in [2.05, 4.69) is 159 Å². The lowest BCUT2D eigenvalue weighted by atomic mass is 9.61. The SMILES string of the molecule is COC1=Cc2c3c(c4c(c2CC=C1)-c1ccc(OC)cc1C41C/C=C\C=C/C(C)c2ccccc21)C=CC(c1ccccc1)(c1ccc(C2CCCCC2)cc1)C3. The van der Waals surface area contributed by atoms with Gasteiger partial charge in [0.05, 0.1) is 19.6 Å². The zero-order valence-corrected chi connectivity index (χ0v) is 33.6. The Morgan fingerprint density at radius 3 is 2.28 bits per heavy atom. The zero-order chi connectivity index (χ0) is 38.6. The summed E-state index contributed by atoms with van der Waals surface area (Å²) in [5, 5.41) is 0. The fourth-order valence-corrected chi connectivity index (χ4v) is 11.3. The van der Waals surface area contributed by atoms with Gasteiger partial charge in [-0.2, -0.15) is 0 Å². The molecule has 5 aromatic carbocycles. The Morgan fingerprint density at radius 2 is 1.47 bits per heavy atom. The molecule has 3 atom stereocenters. The second-order valence-electron chi connectivity index (χ2n) is 16.9. The standard InChI is InChI=1S/C55H52O2/c1-37-16-7-6-14-32-55(50-24-13-12-22-44(37)50)51-35-43(57-3)29-30-47(51)52-45-23-15-21-42(56-2)34-48(45)49-36-54(33-31-46(49)53(52)55,40-19-10-5-11-20-40)41-27-25-39(26-28-41)38-17-8-4-9-18-38/h5-7,10-16,19-22,24-31,33-35,37-38H,4,8-9,17-18,23,32,36H2,1-3H3/b14-6-,16-7-. The smallest absolute Gasteiger partial charge is 0.119 e. The van der Waals surface area contributed by atoms with Gasteiger partial charge in [0.1, 0.15) is 11.5 Å². The van der Waals surface area contributed by atoms with Crippen LogP contribution in [0.15, 0.2) is 145 Å². The Hall–Kier alpha value is -5.60. The molecule has 0 heterocycles. The predicted octanol–water partition coefficient (Wildman–Crippen LogP) is 13.3. The van der Waals surface area contributed by atoms with Crippen LogP contribution in [0.5, 0.6) is 5.75 Å². The molecule has 0 N–H and O–H groups in total. The van der Waals surface area contributed by atoms with Gasteiger partial charge in [-0.25, -0.2) is 0 Å². The lowest BCUT2D eigenvalue weighted by molar-refractivity contribution is 0.310. The highest BCUT2D eigenvalue weighted by Crippen LogP contribution is 2.62. The van der Waals surface area contributed by atoms with Gasteiger partial charge < -0.3 is 9.47 Å². The van der Waals surface area contributed by atoms with Crippen LogP contribution in [-0.2, 0) is 28.4 Å². The van der Waals surface area contributed by atoms with Crippen LogP contribution in [0.25, 0.3) is 23.3 Å². The van der Waals surface area contributed by atoms with E-state index in [0.29, 0.717) is 5.92 Å². The molecule has 0 aromatic heterocycles. The molecule has 2 heteroatoms. The quantitative estimate of drug-likeness (QED) is 0.178. The van der Waals surface area contributed by atoms with Crippen molar-refractivity contribution in [3.05, 3.63) is 207 Å². The molecular formula is C55H52O2. The van der Waals surface area contributed by atoms with Crippen molar-refractivity contribution in [3.63, 3.8) is 0 Å². The summed E-state index contributed by atoms with van der Waals surface area (Å²) in [6, 6.07) is 37.1. The number of methoxy groups -OCH3 is 2. The summed E-state index contributed by atoms with van der Waals surface area (Å²) >= 11 is 0. The summed E-state index contributed by atoms with van der Waals surface area (Å²) in [4.78, 5) is 0. The molecule has 5 aliphatic carbocycles. The molecule has 0 saturated heterocycles. The van der Waals surface area contributed by atoms with Crippen molar-refractivity contribution < 1.29 is 9.47 Å². The van der Waals surface area contributed by atoms with Crippen molar-refractivity contribution in [2.75, 3.05) is 14.2 Å². The number of hydrogen-bond acceptors (Lipinski definition) is 2. The molecule has 5 aromatic rings. The largest absolute Gasteiger partial charge is 0.497 e.